The minimum atomic E-state index is -3.55. The van der Waals surface area contributed by atoms with Crippen molar-refractivity contribution in [2.75, 3.05) is 6.54 Å². The zero-order chi connectivity index (χ0) is 14.6. The SMILES string of the molecule is CC(O)c1ccc(S(=O)(=O)NCCc2ncn[nH]2)cc1. The van der Waals surface area contributed by atoms with Gasteiger partial charge in [0, 0.05) is 13.0 Å². The van der Waals surface area contributed by atoms with Crippen molar-refractivity contribution in [2.24, 2.45) is 0 Å². The lowest BCUT2D eigenvalue weighted by Crippen LogP contribution is -2.26. The smallest absolute Gasteiger partial charge is 0.240 e. The molecule has 0 spiro atoms. The predicted octanol–water partition coefficient (Wildman–Crippen LogP) is 0.379. The molecule has 3 N–H and O–H groups in total. The predicted molar refractivity (Wildman–Crippen MR) is 72.4 cm³/mol. The van der Waals surface area contributed by atoms with E-state index in [0.29, 0.717) is 17.8 Å². The van der Waals surface area contributed by atoms with Gasteiger partial charge in [0.1, 0.15) is 12.2 Å². The Morgan fingerprint density at radius 3 is 2.60 bits per heavy atom. The summed E-state index contributed by atoms with van der Waals surface area (Å²) >= 11 is 0. The quantitative estimate of drug-likeness (QED) is 0.714. The molecule has 0 amide bonds. The first kappa shape index (κ1) is 14.6. The van der Waals surface area contributed by atoms with Gasteiger partial charge in [0.15, 0.2) is 0 Å². The molecule has 1 unspecified atom stereocenters. The van der Waals surface area contributed by atoms with Crippen molar-refractivity contribution >= 4 is 10.0 Å². The Kier molecular flexibility index (Phi) is 4.48. The fourth-order valence-corrected chi connectivity index (χ4v) is 2.70. The second-order valence-electron chi connectivity index (χ2n) is 4.32. The Bertz CT molecular complexity index is 636. The second kappa shape index (κ2) is 6.12. The van der Waals surface area contributed by atoms with E-state index in [1.165, 1.54) is 18.5 Å². The number of aromatic nitrogens is 3. The molecule has 2 aromatic rings. The maximum absolute atomic E-state index is 12.0. The molecule has 0 aliphatic rings. The number of sulfonamides is 1. The Morgan fingerprint density at radius 1 is 1.35 bits per heavy atom. The number of aromatic amines is 1. The molecule has 8 heteroatoms. The molecule has 0 saturated carbocycles. The molecule has 0 radical (unpaired) electrons. The molecule has 0 fully saturated rings. The van der Waals surface area contributed by atoms with E-state index in [9.17, 15) is 13.5 Å². The summed E-state index contributed by atoms with van der Waals surface area (Å²) in [6.07, 6.45) is 1.19. The van der Waals surface area contributed by atoms with Crippen molar-refractivity contribution < 1.29 is 13.5 Å². The molecule has 20 heavy (non-hydrogen) atoms. The lowest BCUT2D eigenvalue weighted by molar-refractivity contribution is 0.199. The van der Waals surface area contributed by atoms with Crippen LogP contribution in [0, 0.1) is 0 Å². The second-order valence-corrected chi connectivity index (χ2v) is 6.09. The van der Waals surface area contributed by atoms with Crippen molar-refractivity contribution in [2.45, 2.75) is 24.3 Å². The number of aliphatic hydroxyl groups excluding tert-OH is 1. The summed E-state index contributed by atoms with van der Waals surface area (Å²) < 4.78 is 26.5. The van der Waals surface area contributed by atoms with Crippen LogP contribution >= 0.6 is 0 Å². The standard InChI is InChI=1S/C12H16N4O3S/c1-9(17)10-2-4-11(5-3-10)20(18,19)15-7-6-12-13-8-14-16-12/h2-5,8-9,15,17H,6-7H2,1H3,(H,13,14,16). The molecule has 0 saturated heterocycles. The summed E-state index contributed by atoms with van der Waals surface area (Å²) in [6.45, 7) is 1.86. The molecular formula is C12H16N4O3S. The van der Waals surface area contributed by atoms with Crippen molar-refractivity contribution in [3.63, 3.8) is 0 Å². The third kappa shape index (κ3) is 3.62. The highest BCUT2D eigenvalue weighted by molar-refractivity contribution is 7.89. The minimum absolute atomic E-state index is 0.166. The molecule has 1 aromatic carbocycles. The van der Waals surface area contributed by atoms with Gasteiger partial charge in [-0.15, -0.1) is 0 Å². The number of hydrogen-bond acceptors (Lipinski definition) is 5. The monoisotopic (exact) mass is 296 g/mol. The summed E-state index contributed by atoms with van der Waals surface area (Å²) in [7, 11) is -3.55. The molecule has 0 aliphatic heterocycles. The average Bonchev–Trinajstić information content (AvgIpc) is 2.92. The van der Waals surface area contributed by atoms with Gasteiger partial charge in [-0.2, -0.15) is 5.10 Å². The highest BCUT2D eigenvalue weighted by atomic mass is 32.2. The van der Waals surface area contributed by atoms with Crippen molar-refractivity contribution in [1.82, 2.24) is 19.9 Å². The highest BCUT2D eigenvalue weighted by Crippen LogP contribution is 2.15. The van der Waals surface area contributed by atoms with Gasteiger partial charge in [0.2, 0.25) is 10.0 Å². The number of nitrogens with one attached hydrogen (secondary N) is 2. The van der Waals surface area contributed by atoms with Crippen molar-refractivity contribution in [3.8, 4) is 0 Å². The lowest BCUT2D eigenvalue weighted by atomic mass is 10.1. The van der Waals surface area contributed by atoms with Gasteiger partial charge in [0.25, 0.3) is 0 Å². The van der Waals surface area contributed by atoms with Gasteiger partial charge in [-0.1, -0.05) is 12.1 Å². The molecule has 1 heterocycles. The zero-order valence-electron chi connectivity index (χ0n) is 10.9. The van der Waals surface area contributed by atoms with E-state index in [-0.39, 0.29) is 11.4 Å². The summed E-state index contributed by atoms with van der Waals surface area (Å²) in [4.78, 5) is 4.08. The number of rotatable bonds is 6. The molecular weight excluding hydrogens is 280 g/mol. The van der Waals surface area contributed by atoms with Crippen LogP contribution in [-0.4, -0.2) is 35.3 Å². The maximum atomic E-state index is 12.0. The van der Waals surface area contributed by atoms with E-state index in [0.717, 1.165) is 0 Å². The molecule has 0 aliphatic carbocycles. The topological polar surface area (TPSA) is 108 Å². The Morgan fingerprint density at radius 2 is 2.05 bits per heavy atom. The Hall–Kier alpha value is -1.77. The van der Waals surface area contributed by atoms with E-state index < -0.39 is 16.1 Å². The van der Waals surface area contributed by atoms with Crippen LogP contribution in [0.5, 0.6) is 0 Å². The van der Waals surface area contributed by atoms with Crippen LogP contribution in [-0.2, 0) is 16.4 Å². The fourth-order valence-electron chi connectivity index (χ4n) is 1.66. The van der Waals surface area contributed by atoms with Crippen LogP contribution in [0.3, 0.4) is 0 Å². The third-order valence-corrected chi connectivity index (χ3v) is 4.27. The first-order chi connectivity index (χ1) is 9.49. The Balaban J connectivity index is 1.99. The lowest BCUT2D eigenvalue weighted by Gasteiger charge is -2.08. The highest BCUT2D eigenvalue weighted by Gasteiger charge is 2.14. The van der Waals surface area contributed by atoms with Crippen LogP contribution in [0.15, 0.2) is 35.5 Å². The van der Waals surface area contributed by atoms with Gasteiger partial charge < -0.3 is 5.11 Å². The normalized spacial score (nSPS) is 13.3. The van der Waals surface area contributed by atoms with E-state index in [1.54, 1.807) is 19.1 Å². The molecule has 2 rings (SSSR count). The van der Waals surface area contributed by atoms with Crippen LogP contribution in [0.1, 0.15) is 24.4 Å². The summed E-state index contributed by atoms with van der Waals surface area (Å²) in [5.74, 6) is 0.622. The van der Waals surface area contributed by atoms with Crippen molar-refractivity contribution in [1.29, 1.82) is 0 Å². The molecule has 0 bridgehead atoms. The van der Waals surface area contributed by atoms with Crippen LogP contribution in [0.2, 0.25) is 0 Å². The van der Waals surface area contributed by atoms with E-state index in [1.807, 2.05) is 0 Å². The molecule has 1 aromatic heterocycles. The van der Waals surface area contributed by atoms with E-state index in [2.05, 4.69) is 19.9 Å². The van der Waals surface area contributed by atoms with Gasteiger partial charge in [-0.05, 0) is 24.6 Å². The Labute approximate surface area is 117 Å². The van der Waals surface area contributed by atoms with Gasteiger partial charge in [0.05, 0.1) is 11.0 Å². The van der Waals surface area contributed by atoms with Crippen LogP contribution < -0.4 is 4.72 Å². The summed E-state index contributed by atoms with van der Waals surface area (Å²) in [5, 5.41) is 15.7. The van der Waals surface area contributed by atoms with E-state index in [4.69, 9.17) is 0 Å². The fraction of sp³-hybridized carbons (Fsp3) is 0.333. The van der Waals surface area contributed by atoms with Gasteiger partial charge in [-0.3, -0.25) is 5.10 Å². The van der Waals surface area contributed by atoms with Crippen LogP contribution in [0.4, 0.5) is 0 Å². The van der Waals surface area contributed by atoms with Gasteiger partial charge in [-0.25, -0.2) is 18.1 Å². The first-order valence-electron chi connectivity index (χ1n) is 6.11. The minimum Gasteiger partial charge on any atom is -0.389 e. The van der Waals surface area contributed by atoms with Gasteiger partial charge >= 0.3 is 0 Å². The average molecular weight is 296 g/mol. The summed E-state index contributed by atoms with van der Waals surface area (Å²) in [5.41, 5.74) is 0.672. The molecule has 7 nitrogen and oxygen atoms in total. The number of hydrogen-bond donors (Lipinski definition) is 3. The molecule has 108 valence electrons. The third-order valence-electron chi connectivity index (χ3n) is 2.79. The first-order valence-corrected chi connectivity index (χ1v) is 7.59. The van der Waals surface area contributed by atoms with Crippen molar-refractivity contribution in [3.05, 3.63) is 42.0 Å². The number of benzene rings is 1. The van der Waals surface area contributed by atoms with Crippen LogP contribution in [0.25, 0.3) is 0 Å². The number of aliphatic hydroxyl groups is 1. The summed E-state index contributed by atoms with van der Waals surface area (Å²) in [6, 6.07) is 6.13. The van der Waals surface area contributed by atoms with E-state index >= 15 is 0 Å². The molecule has 1 atom stereocenters. The maximum Gasteiger partial charge on any atom is 0.240 e. The largest absolute Gasteiger partial charge is 0.389 e. The number of nitrogens with zero attached hydrogens (tertiary/aromatic N) is 2. The zero-order valence-corrected chi connectivity index (χ0v) is 11.8. The number of H-pyrrole nitrogens is 1.